The van der Waals surface area contributed by atoms with Crippen LogP contribution in [0.1, 0.15) is 39.3 Å². The van der Waals surface area contributed by atoms with Gasteiger partial charge in [0.25, 0.3) is 0 Å². The van der Waals surface area contributed by atoms with Gasteiger partial charge in [-0.25, -0.2) is 0 Å². The van der Waals surface area contributed by atoms with E-state index in [1.165, 1.54) is 11.3 Å². The highest BCUT2D eigenvalue weighted by molar-refractivity contribution is 5.83. The van der Waals surface area contributed by atoms with Crippen LogP contribution in [0, 0.1) is 5.92 Å². The summed E-state index contributed by atoms with van der Waals surface area (Å²) in [5.74, 6) is 0.543. The van der Waals surface area contributed by atoms with Gasteiger partial charge in [0.15, 0.2) is 0 Å². The summed E-state index contributed by atoms with van der Waals surface area (Å²) in [6.07, 6.45) is 0. The Morgan fingerprint density at radius 1 is 1.07 bits per heavy atom. The zero-order chi connectivity index (χ0) is 10.6. The second kappa shape index (κ2) is 4.94. The third-order valence-electron chi connectivity index (χ3n) is 2.51. The molecule has 0 radical (unpaired) electrons. The molecular formula is C13H19N. The monoisotopic (exact) mass is 189 g/mol. The molecule has 1 rings (SSSR count). The second-order valence-electron chi connectivity index (χ2n) is 4.01. The third-order valence-corrected chi connectivity index (χ3v) is 2.51. The average molecular weight is 189 g/mol. The minimum absolute atomic E-state index is 0.276. The quantitative estimate of drug-likeness (QED) is 0.640. The molecule has 1 aromatic carbocycles. The molecule has 76 valence electrons. The smallest absolute Gasteiger partial charge is 0.0720 e. The van der Waals surface area contributed by atoms with Crippen LogP contribution >= 0.6 is 0 Å². The number of nitrogens with zero attached hydrogens (tertiary/aromatic N) is 1. The summed E-state index contributed by atoms with van der Waals surface area (Å²) < 4.78 is 0. The van der Waals surface area contributed by atoms with Gasteiger partial charge < -0.3 is 0 Å². The van der Waals surface area contributed by atoms with Crippen molar-refractivity contribution in [1.82, 2.24) is 0 Å². The average Bonchev–Trinajstić information content (AvgIpc) is 2.19. The highest BCUT2D eigenvalue weighted by Crippen LogP contribution is 2.17. The standard InChI is InChI=1S/C13H19N/c1-10(2)11(3)14-12(4)13-8-6-5-7-9-13/h5-10,12H,1-4H3/b14-11+/t12-/m0/s1. The van der Waals surface area contributed by atoms with Crippen molar-refractivity contribution in [2.24, 2.45) is 10.9 Å². The van der Waals surface area contributed by atoms with Crippen LogP contribution in [0.5, 0.6) is 0 Å². The molecule has 0 fully saturated rings. The zero-order valence-electron chi connectivity index (χ0n) is 9.49. The molecular weight excluding hydrogens is 170 g/mol. The molecule has 0 aliphatic heterocycles. The Morgan fingerprint density at radius 3 is 2.14 bits per heavy atom. The van der Waals surface area contributed by atoms with E-state index in [0.29, 0.717) is 5.92 Å². The molecule has 0 amide bonds. The Hall–Kier alpha value is -1.11. The van der Waals surface area contributed by atoms with E-state index in [1.54, 1.807) is 0 Å². The van der Waals surface area contributed by atoms with E-state index in [-0.39, 0.29) is 6.04 Å². The van der Waals surface area contributed by atoms with Gasteiger partial charge in [-0.05, 0) is 25.3 Å². The van der Waals surface area contributed by atoms with Gasteiger partial charge in [0.2, 0.25) is 0 Å². The second-order valence-corrected chi connectivity index (χ2v) is 4.01. The van der Waals surface area contributed by atoms with Crippen molar-refractivity contribution < 1.29 is 0 Å². The fraction of sp³-hybridized carbons (Fsp3) is 0.462. The van der Waals surface area contributed by atoms with Crippen LogP contribution < -0.4 is 0 Å². The molecule has 1 atom stereocenters. The summed E-state index contributed by atoms with van der Waals surface area (Å²) in [7, 11) is 0. The Balaban J connectivity index is 2.77. The van der Waals surface area contributed by atoms with Crippen LogP contribution in [0.25, 0.3) is 0 Å². The normalized spacial score (nSPS) is 14.5. The van der Waals surface area contributed by atoms with Crippen molar-refractivity contribution >= 4 is 5.71 Å². The predicted molar refractivity (Wildman–Crippen MR) is 62.8 cm³/mol. The highest BCUT2D eigenvalue weighted by atomic mass is 14.8. The maximum atomic E-state index is 4.66. The summed E-state index contributed by atoms with van der Waals surface area (Å²) in [6, 6.07) is 10.7. The van der Waals surface area contributed by atoms with Crippen LogP contribution in [0.3, 0.4) is 0 Å². The summed E-state index contributed by atoms with van der Waals surface area (Å²) in [5.41, 5.74) is 2.51. The van der Waals surface area contributed by atoms with Crippen LogP contribution in [0.4, 0.5) is 0 Å². The lowest BCUT2D eigenvalue weighted by atomic mass is 10.1. The first-order valence-electron chi connectivity index (χ1n) is 5.20. The van der Waals surface area contributed by atoms with E-state index in [1.807, 2.05) is 6.07 Å². The van der Waals surface area contributed by atoms with Gasteiger partial charge in [-0.15, -0.1) is 0 Å². The Labute approximate surface area is 86.9 Å². The van der Waals surface area contributed by atoms with E-state index >= 15 is 0 Å². The third kappa shape index (κ3) is 2.99. The van der Waals surface area contributed by atoms with Crippen molar-refractivity contribution in [1.29, 1.82) is 0 Å². The molecule has 1 nitrogen and oxygen atoms in total. The van der Waals surface area contributed by atoms with Crippen LogP contribution in [-0.2, 0) is 0 Å². The first-order chi connectivity index (χ1) is 6.61. The summed E-state index contributed by atoms with van der Waals surface area (Å²) in [6.45, 7) is 8.60. The number of rotatable bonds is 3. The minimum Gasteiger partial charge on any atom is -0.286 e. The van der Waals surface area contributed by atoms with Crippen LogP contribution in [-0.4, -0.2) is 5.71 Å². The summed E-state index contributed by atoms with van der Waals surface area (Å²) in [4.78, 5) is 4.66. The molecule has 0 N–H and O–H groups in total. The van der Waals surface area contributed by atoms with E-state index in [4.69, 9.17) is 0 Å². The van der Waals surface area contributed by atoms with E-state index < -0.39 is 0 Å². The SMILES string of the molecule is C/C(=N\[C@@H](C)c1ccccc1)C(C)C. The molecule has 0 saturated heterocycles. The molecule has 0 aliphatic carbocycles. The molecule has 0 heterocycles. The predicted octanol–water partition coefficient (Wildman–Crippen LogP) is 3.86. The van der Waals surface area contributed by atoms with E-state index in [2.05, 4.69) is 57.0 Å². The molecule has 0 saturated carbocycles. The number of hydrogen-bond acceptors (Lipinski definition) is 1. The van der Waals surface area contributed by atoms with E-state index in [0.717, 1.165) is 0 Å². The minimum atomic E-state index is 0.276. The van der Waals surface area contributed by atoms with Gasteiger partial charge in [-0.3, -0.25) is 4.99 Å². The lowest BCUT2D eigenvalue weighted by Crippen LogP contribution is -2.04. The Morgan fingerprint density at radius 2 is 1.64 bits per heavy atom. The molecule has 14 heavy (non-hydrogen) atoms. The zero-order valence-corrected chi connectivity index (χ0v) is 9.49. The maximum Gasteiger partial charge on any atom is 0.0720 e. The van der Waals surface area contributed by atoms with E-state index in [9.17, 15) is 0 Å². The first-order valence-corrected chi connectivity index (χ1v) is 5.20. The van der Waals surface area contributed by atoms with Gasteiger partial charge in [0.1, 0.15) is 0 Å². The lowest BCUT2D eigenvalue weighted by Gasteiger charge is -2.10. The lowest BCUT2D eigenvalue weighted by molar-refractivity contribution is 0.783. The summed E-state index contributed by atoms with van der Waals surface area (Å²) in [5, 5.41) is 0. The van der Waals surface area contributed by atoms with Gasteiger partial charge in [0, 0.05) is 5.71 Å². The van der Waals surface area contributed by atoms with Crippen LogP contribution in [0.2, 0.25) is 0 Å². The molecule has 1 aromatic rings. The first kappa shape index (κ1) is 11.0. The van der Waals surface area contributed by atoms with Crippen molar-refractivity contribution in [3.8, 4) is 0 Å². The fourth-order valence-electron chi connectivity index (χ4n) is 1.26. The Bertz CT molecular complexity index is 298. The van der Waals surface area contributed by atoms with Gasteiger partial charge in [-0.2, -0.15) is 0 Å². The number of hydrogen-bond donors (Lipinski definition) is 0. The van der Waals surface area contributed by atoms with Gasteiger partial charge >= 0.3 is 0 Å². The van der Waals surface area contributed by atoms with Gasteiger partial charge in [0.05, 0.1) is 6.04 Å². The maximum absolute atomic E-state index is 4.66. The van der Waals surface area contributed by atoms with Crippen molar-refractivity contribution in [2.45, 2.75) is 33.7 Å². The molecule has 0 unspecified atom stereocenters. The molecule has 0 aromatic heterocycles. The van der Waals surface area contributed by atoms with Crippen LogP contribution in [0.15, 0.2) is 35.3 Å². The fourth-order valence-corrected chi connectivity index (χ4v) is 1.26. The van der Waals surface area contributed by atoms with Crippen molar-refractivity contribution in [3.63, 3.8) is 0 Å². The van der Waals surface area contributed by atoms with Crippen molar-refractivity contribution in [3.05, 3.63) is 35.9 Å². The molecule has 1 heteroatoms. The Kier molecular flexibility index (Phi) is 3.87. The largest absolute Gasteiger partial charge is 0.286 e. The number of aliphatic imine (C=N–C) groups is 1. The molecule has 0 spiro atoms. The van der Waals surface area contributed by atoms with Crippen molar-refractivity contribution in [2.75, 3.05) is 0 Å². The van der Waals surface area contributed by atoms with Gasteiger partial charge in [-0.1, -0.05) is 44.2 Å². The highest BCUT2D eigenvalue weighted by Gasteiger charge is 2.04. The summed E-state index contributed by atoms with van der Waals surface area (Å²) >= 11 is 0. The molecule has 0 bridgehead atoms. The topological polar surface area (TPSA) is 12.4 Å². The molecule has 0 aliphatic rings. The number of benzene rings is 1.